The second kappa shape index (κ2) is 6.29. The third-order valence-corrected chi connectivity index (χ3v) is 5.80. The van der Waals surface area contributed by atoms with Crippen LogP contribution in [0.5, 0.6) is 0 Å². The number of hydrogen-bond acceptors (Lipinski definition) is 4. The van der Waals surface area contributed by atoms with E-state index in [1.165, 1.54) is 12.1 Å². The van der Waals surface area contributed by atoms with Crippen molar-refractivity contribution in [3.8, 4) is 0 Å². The third kappa shape index (κ3) is 4.38. The number of sulfone groups is 1. The standard InChI is InChI=1S/C11H16FNO3S2/c1-2-6-18(15,16)7-5-17(14)9-3-4-11(13)10(12)8-9/h3-4,8H,2,5-7,13H2,1H3. The largest absolute Gasteiger partial charge is 0.396 e. The van der Waals surface area contributed by atoms with E-state index in [9.17, 15) is 17.0 Å². The fourth-order valence-electron chi connectivity index (χ4n) is 1.38. The summed E-state index contributed by atoms with van der Waals surface area (Å²) in [5, 5.41) is 0. The molecule has 1 aromatic rings. The number of nitrogens with two attached hydrogens (primary N) is 1. The number of rotatable bonds is 6. The molecule has 2 N–H and O–H groups in total. The Hall–Kier alpha value is -0.950. The van der Waals surface area contributed by atoms with E-state index in [1.807, 2.05) is 0 Å². The van der Waals surface area contributed by atoms with Crippen LogP contribution in [0, 0.1) is 5.82 Å². The second-order valence-electron chi connectivity index (χ2n) is 3.88. The summed E-state index contributed by atoms with van der Waals surface area (Å²) < 4.78 is 47.9. The van der Waals surface area contributed by atoms with Crippen molar-refractivity contribution in [1.82, 2.24) is 0 Å². The van der Waals surface area contributed by atoms with E-state index in [1.54, 1.807) is 6.92 Å². The first kappa shape index (κ1) is 15.1. The van der Waals surface area contributed by atoms with Gasteiger partial charge in [0.15, 0.2) is 9.84 Å². The van der Waals surface area contributed by atoms with E-state index in [4.69, 9.17) is 5.73 Å². The molecule has 0 bridgehead atoms. The average Bonchev–Trinajstić information content (AvgIpc) is 2.30. The molecule has 0 heterocycles. The highest BCUT2D eigenvalue weighted by Crippen LogP contribution is 2.15. The van der Waals surface area contributed by atoms with Gasteiger partial charge in [-0.3, -0.25) is 4.21 Å². The molecule has 0 radical (unpaired) electrons. The molecule has 1 rings (SSSR count). The number of nitrogen functional groups attached to an aromatic ring is 1. The fraction of sp³-hybridized carbons (Fsp3) is 0.455. The van der Waals surface area contributed by atoms with Gasteiger partial charge in [-0.15, -0.1) is 0 Å². The first-order valence-electron chi connectivity index (χ1n) is 5.49. The lowest BCUT2D eigenvalue weighted by atomic mass is 10.3. The molecule has 0 aliphatic heterocycles. The zero-order valence-corrected chi connectivity index (χ0v) is 11.7. The van der Waals surface area contributed by atoms with Crippen LogP contribution in [0.1, 0.15) is 13.3 Å². The molecule has 0 aliphatic carbocycles. The molecule has 102 valence electrons. The molecule has 18 heavy (non-hydrogen) atoms. The van der Waals surface area contributed by atoms with Crippen molar-refractivity contribution < 1.29 is 17.0 Å². The molecule has 1 atom stereocenters. The zero-order valence-electron chi connectivity index (χ0n) is 10.1. The Morgan fingerprint density at radius 2 is 2.00 bits per heavy atom. The minimum absolute atomic E-state index is 0.0191. The Morgan fingerprint density at radius 1 is 1.33 bits per heavy atom. The Labute approximate surface area is 109 Å². The molecule has 0 aliphatic rings. The van der Waals surface area contributed by atoms with Crippen LogP contribution in [0.2, 0.25) is 0 Å². The van der Waals surface area contributed by atoms with Gasteiger partial charge < -0.3 is 5.73 Å². The highest BCUT2D eigenvalue weighted by molar-refractivity contribution is 7.93. The van der Waals surface area contributed by atoms with Crippen LogP contribution in [0.3, 0.4) is 0 Å². The third-order valence-electron chi connectivity index (χ3n) is 2.33. The van der Waals surface area contributed by atoms with Gasteiger partial charge in [0.2, 0.25) is 0 Å². The van der Waals surface area contributed by atoms with Crippen molar-refractivity contribution in [1.29, 1.82) is 0 Å². The van der Waals surface area contributed by atoms with Gasteiger partial charge in [0.25, 0.3) is 0 Å². The number of hydrogen-bond donors (Lipinski definition) is 1. The maximum atomic E-state index is 13.2. The number of benzene rings is 1. The molecule has 0 amide bonds. The Morgan fingerprint density at radius 3 is 2.56 bits per heavy atom. The van der Waals surface area contributed by atoms with Gasteiger partial charge in [-0.1, -0.05) is 6.92 Å². The SMILES string of the molecule is CCCS(=O)(=O)CCS(=O)c1ccc(N)c(F)c1. The van der Waals surface area contributed by atoms with Crippen molar-refractivity contribution in [2.75, 3.05) is 23.0 Å². The monoisotopic (exact) mass is 293 g/mol. The van der Waals surface area contributed by atoms with E-state index in [0.717, 1.165) is 6.07 Å². The van der Waals surface area contributed by atoms with Crippen LogP contribution in [0.15, 0.2) is 23.1 Å². The molecule has 0 spiro atoms. The van der Waals surface area contributed by atoms with Gasteiger partial charge in [-0.25, -0.2) is 12.8 Å². The van der Waals surface area contributed by atoms with Crippen LogP contribution in [-0.4, -0.2) is 29.9 Å². The summed E-state index contributed by atoms with van der Waals surface area (Å²) >= 11 is 0. The van der Waals surface area contributed by atoms with Crippen molar-refractivity contribution in [3.63, 3.8) is 0 Å². The highest BCUT2D eigenvalue weighted by Gasteiger charge is 2.13. The van der Waals surface area contributed by atoms with Gasteiger partial charge in [0.05, 0.1) is 22.2 Å². The lowest BCUT2D eigenvalue weighted by molar-refractivity contribution is 0.595. The summed E-state index contributed by atoms with van der Waals surface area (Å²) in [6.07, 6.45) is 0.533. The molecule has 0 saturated carbocycles. The minimum Gasteiger partial charge on any atom is -0.396 e. The van der Waals surface area contributed by atoms with Crippen molar-refractivity contribution in [3.05, 3.63) is 24.0 Å². The second-order valence-corrected chi connectivity index (χ2v) is 7.76. The van der Waals surface area contributed by atoms with Crippen LogP contribution in [-0.2, 0) is 20.6 Å². The molecule has 7 heteroatoms. The van der Waals surface area contributed by atoms with E-state index in [-0.39, 0.29) is 27.8 Å². The minimum atomic E-state index is -3.16. The molecule has 1 unspecified atom stereocenters. The van der Waals surface area contributed by atoms with Crippen molar-refractivity contribution >= 4 is 26.3 Å². The highest BCUT2D eigenvalue weighted by atomic mass is 32.2. The number of halogens is 1. The van der Waals surface area contributed by atoms with E-state index < -0.39 is 26.5 Å². The summed E-state index contributed by atoms with van der Waals surface area (Å²) in [6.45, 7) is 1.77. The molecule has 0 aromatic heterocycles. The first-order valence-corrected chi connectivity index (χ1v) is 8.63. The Bertz CT molecular complexity index is 543. The van der Waals surface area contributed by atoms with Crippen LogP contribution in [0.4, 0.5) is 10.1 Å². The van der Waals surface area contributed by atoms with Gasteiger partial charge in [0, 0.05) is 16.4 Å². The molecular weight excluding hydrogens is 277 g/mol. The fourth-order valence-corrected chi connectivity index (χ4v) is 4.52. The van der Waals surface area contributed by atoms with Gasteiger partial charge >= 0.3 is 0 Å². The van der Waals surface area contributed by atoms with Crippen molar-refractivity contribution in [2.45, 2.75) is 18.2 Å². The molecule has 0 saturated heterocycles. The smallest absolute Gasteiger partial charge is 0.151 e. The van der Waals surface area contributed by atoms with Gasteiger partial charge in [-0.05, 0) is 24.6 Å². The predicted octanol–water partition coefficient (Wildman–Crippen LogP) is 1.34. The van der Waals surface area contributed by atoms with Gasteiger partial charge in [0.1, 0.15) is 5.82 Å². The first-order chi connectivity index (χ1) is 8.35. The maximum Gasteiger partial charge on any atom is 0.151 e. The van der Waals surface area contributed by atoms with Crippen LogP contribution < -0.4 is 5.73 Å². The number of anilines is 1. The summed E-state index contributed by atoms with van der Waals surface area (Å²) in [4.78, 5) is 0.258. The molecule has 4 nitrogen and oxygen atoms in total. The maximum absolute atomic E-state index is 13.2. The summed E-state index contributed by atoms with van der Waals surface area (Å²) in [7, 11) is -4.69. The Kier molecular flexibility index (Phi) is 5.28. The molecular formula is C11H16FNO3S2. The normalized spacial score (nSPS) is 13.4. The topological polar surface area (TPSA) is 77.2 Å². The van der Waals surface area contributed by atoms with E-state index in [0.29, 0.717) is 6.42 Å². The lowest BCUT2D eigenvalue weighted by Crippen LogP contribution is -2.16. The quantitative estimate of drug-likeness (QED) is 0.803. The lowest BCUT2D eigenvalue weighted by Gasteiger charge is -2.04. The summed E-state index contributed by atoms with van der Waals surface area (Å²) in [5.74, 6) is -0.733. The van der Waals surface area contributed by atoms with Gasteiger partial charge in [-0.2, -0.15) is 0 Å². The van der Waals surface area contributed by atoms with Crippen LogP contribution in [0.25, 0.3) is 0 Å². The summed E-state index contributed by atoms with van der Waals surface area (Å²) in [6, 6.07) is 3.85. The molecule has 0 fully saturated rings. The molecule has 1 aromatic carbocycles. The van der Waals surface area contributed by atoms with Crippen LogP contribution >= 0.6 is 0 Å². The predicted molar refractivity (Wildman–Crippen MR) is 71.0 cm³/mol. The van der Waals surface area contributed by atoms with E-state index >= 15 is 0 Å². The average molecular weight is 293 g/mol. The van der Waals surface area contributed by atoms with Crippen molar-refractivity contribution in [2.24, 2.45) is 0 Å². The summed E-state index contributed by atoms with van der Waals surface area (Å²) in [5.41, 5.74) is 5.28. The van der Waals surface area contributed by atoms with E-state index in [2.05, 4.69) is 0 Å². The Balaban J connectivity index is 2.69. The zero-order chi connectivity index (χ0) is 13.8.